The number of nitro benzene ring substituents is 1. The average molecular weight is 376 g/mol. The van der Waals surface area contributed by atoms with E-state index in [0.717, 1.165) is 25.1 Å². The maximum atomic E-state index is 12.7. The van der Waals surface area contributed by atoms with Gasteiger partial charge in [0.2, 0.25) is 0 Å². The van der Waals surface area contributed by atoms with Crippen molar-refractivity contribution in [2.24, 2.45) is 0 Å². The molecule has 3 aromatic rings. The number of benzene rings is 2. The van der Waals surface area contributed by atoms with Crippen molar-refractivity contribution in [1.29, 1.82) is 0 Å². The van der Waals surface area contributed by atoms with Crippen molar-refractivity contribution in [3.8, 4) is 0 Å². The van der Waals surface area contributed by atoms with E-state index in [-0.39, 0.29) is 17.4 Å². The maximum Gasteiger partial charge on any atom is 0.293 e. The molecule has 0 saturated carbocycles. The summed E-state index contributed by atoms with van der Waals surface area (Å²) in [5.74, 6) is 0.0331. The minimum atomic E-state index is -0.406. The Labute approximate surface area is 162 Å². The molecule has 142 valence electrons. The van der Waals surface area contributed by atoms with E-state index in [1.54, 1.807) is 42.6 Å². The molecule has 0 spiro atoms. The third-order valence-corrected chi connectivity index (χ3v) is 5.19. The van der Waals surface area contributed by atoms with Crippen molar-refractivity contribution in [1.82, 2.24) is 10.2 Å². The molecule has 0 aliphatic carbocycles. The van der Waals surface area contributed by atoms with Gasteiger partial charge in [0.05, 0.1) is 4.92 Å². The number of nitrogens with one attached hydrogen (secondary N) is 1. The minimum absolute atomic E-state index is 0.0351. The highest BCUT2D eigenvalue weighted by atomic mass is 16.6. The van der Waals surface area contributed by atoms with Crippen LogP contribution in [0.1, 0.15) is 40.4 Å². The smallest absolute Gasteiger partial charge is 0.293 e. The fraction of sp³-hybridized carbons (Fsp3) is 0.238. The molecule has 2 aromatic carbocycles. The Hall–Kier alpha value is -3.48. The van der Waals surface area contributed by atoms with Gasteiger partial charge in [-0.25, -0.2) is 0 Å². The number of nitro groups is 1. The Morgan fingerprint density at radius 2 is 1.96 bits per heavy atom. The number of nitrogens with zero attached hydrogens (tertiary/aromatic N) is 3. The van der Waals surface area contributed by atoms with Gasteiger partial charge in [-0.05, 0) is 31.0 Å². The Balaban J connectivity index is 1.64. The fourth-order valence-electron chi connectivity index (χ4n) is 3.78. The molecule has 1 unspecified atom stereocenters. The molecule has 0 bridgehead atoms. The molecule has 1 saturated heterocycles. The first-order valence-corrected chi connectivity index (χ1v) is 9.26. The molecule has 28 heavy (non-hydrogen) atoms. The standard InChI is InChI=1S/C21H20N4O3/c26-21(15-5-2-1-3-6-15)16-8-9-19(20(13-16)25(27)28)24-12-4-7-17(14-24)18-10-11-22-23-18/h1-3,5-6,8-11,13,17H,4,7,12,14H2,(H,22,23). The van der Waals surface area contributed by atoms with Crippen LogP contribution in [0.15, 0.2) is 60.8 Å². The largest absolute Gasteiger partial charge is 0.365 e. The number of aromatic nitrogens is 2. The van der Waals surface area contributed by atoms with Crippen molar-refractivity contribution in [2.75, 3.05) is 18.0 Å². The Kier molecular flexibility index (Phi) is 4.89. The highest BCUT2D eigenvalue weighted by Gasteiger charge is 2.28. The SMILES string of the molecule is O=C(c1ccccc1)c1ccc(N2CCCC(c3ccn[nH]3)C2)c([N+](=O)[O-])c1. The number of ketones is 1. The number of piperidine rings is 1. The zero-order valence-corrected chi connectivity index (χ0v) is 15.2. The lowest BCUT2D eigenvalue weighted by Gasteiger charge is -2.33. The van der Waals surface area contributed by atoms with Crippen LogP contribution in [0.5, 0.6) is 0 Å². The fourth-order valence-corrected chi connectivity index (χ4v) is 3.78. The number of hydrogen-bond acceptors (Lipinski definition) is 5. The molecule has 1 aromatic heterocycles. The zero-order chi connectivity index (χ0) is 19.5. The Morgan fingerprint density at radius 3 is 2.68 bits per heavy atom. The Bertz CT molecular complexity index is 986. The first kappa shape index (κ1) is 17.9. The molecule has 4 rings (SSSR count). The van der Waals surface area contributed by atoms with Crippen LogP contribution in [0.25, 0.3) is 0 Å². The van der Waals surface area contributed by atoms with Gasteiger partial charge in [-0.1, -0.05) is 30.3 Å². The van der Waals surface area contributed by atoms with Crippen LogP contribution >= 0.6 is 0 Å². The maximum absolute atomic E-state index is 12.7. The quantitative estimate of drug-likeness (QED) is 0.414. The number of carbonyl (C=O) groups excluding carboxylic acids is 1. The van der Waals surface area contributed by atoms with Gasteiger partial charge in [0.15, 0.2) is 5.78 Å². The lowest BCUT2D eigenvalue weighted by Crippen LogP contribution is -2.35. The molecule has 7 nitrogen and oxygen atoms in total. The summed E-state index contributed by atoms with van der Waals surface area (Å²) in [7, 11) is 0. The minimum Gasteiger partial charge on any atom is -0.365 e. The van der Waals surface area contributed by atoms with Gasteiger partial charge in [-0.2, -0.15) is 5.10 Å². The van der Waals surface area contributed by atoms with Gasteiger partial charge in [0, 0.05) is 48.1 Å². The summed E-state index contributed by atoms with van der Waals surface area (Å²) in [5, 5.41) is 18.8. The van der Waals surface area contributed by atoms with Crippen LogP contribution < -0.4 is 4.90 Å². The number of anilines is 1. The molecule has 1 N–H and O–H groups in total. The van der Waals surface area contributed by atoms with Crippen LogP contribution in [0.2, 0.25) is 0 Å². The molecule has 0 amide bonds. The number of H-pyrrole nitrogens is 1. The van der Waals surface area contributed by atoms with Crippen LogP contribution in [0, 0.1) is 10.1 Å². The molecular formula is C21H20N4O3. The van der Waals surface area contributed by atoms with Crippen molar-refractivity contribution >= 4 is 17.2 Å². The summed E-state index contributed by atoms with van der Waals surface area (Å²) < 4.78 is 0. The van der Waals surface area contributed by atoms with Gasteiger partial charge in [-0.3, -0.25) is 20.0 Å². The second-order valence-corrected chi connectivity index (χ2v) is 6.95. The van der Waals surface area contributed by atoms with Crippen LogP contribution in [-0.4, -0.2) is 34.0 Å². The van der Waals surface area contributed by atoms with Crippen molar-refractivity contribution in [3.63, 3.8) is 0 Å². The van der Waals surface area contributed by atoms with E-state index >= 15 is 0 Å². The molecular weight excluding hydrogens is 356 g/mol. The number of aromatic amines is 1. The first-order valence-electron chi connectivity index (χ1n) is 9.26. The van der Waals surface area contributed by atoms with E-state index in [1.165, 1.54) is 6.07 Å². The number of hydrogen-bond donors (Lipinski definition) is 1. The zero-order valence-electron chi connectivity index (χ0n) is 15.2. The summed E-state index contributed by atoms with van der Waals surface area (Å²) in [6, 6.07) is 15.5. The van der Waals surface area contributed by atoms with Gasteiger partial charge < -0.3 is 4.90 Å². The van der Waals surface area contributed by atoms with E-state index < -0.39 is 4.92 Å². The monoisotopic (exact) mass is 376 g/mol. The third kappa shape index (κ3) is 3.51. The van der Waals surface area contributed by atoms with Crippen molar-refractivity contribution in [2.45, 2.75) is 18.8 Å². The second-order valence-electron chi connectivity index (χ2n) is 6.95. The lowest BCUT2D eigenvalue weighted by atomic mass is 9.94. The van der Waals surface area contributed by atoms with E-state index in [1.807, 2.05) is 17.0 Å². The Morgan fingerprint density at radius 1 is 1.14 bits per heavy atom. The van der Waals surface area contributed by atoms with Gasteiger partial charge >= 0.3 is 0 Å². The highest BCUT2D eigenvalue weighted by Crippen LogP contribution is 2.35. The predicted octanol–water partition coefficient (Wildman–Crippen LogP) is 3.93. The van der Waals surface area contributed by atoms with Gasteiger partial charge in [0.25, 0.3) is 5.69 Å². The second kappa shape index (κ2) is 7.64. The summed E-state index contributed by atoms with van der Waals surface area (Å²) in [4.78, 5) is 26.0. The normalized spacial score (nSPS) is 16.7. The third-order valence-electron chi connectivity index (χ3n) is 5.19. The van der Waals surface area contributed by atoms with E-state index in [4.69, 9.17) is 0 Å². The van der Waals surface area contributed by atoms with Crippen LogP contribution in [-0.2, 0) is 0 Å². The molecule has 1 fully saturated rings. The molecule has 7 heteroatoms. The summed E-state index contributed by atoms with van der Waals surface area (Å²) in [6.07, 6.45) is 3.67. The highest BCUT2D eigenvalue weighted by molar-refractivity contribution is 6.09. The number of rotatable bonds is 5. The van der Waals surface area contributed by atoms with E-state index in [2.05, 4.69) is 10.2 Å². The van der Waals surface area contributed by atoms with E-state index in [0.29, 0.717) is 23.4 Å². The van der Waals surface area contributed by atoms with E-state index in [9.17, 15) is 14.9 Å². The lowest BCUT2D eigenvalue weighted by molar-refractivity contribution is -0.384. The van der Waals surface area contributed by atoms with Crippen LogP contribution in [0.4, 0.5) is 11.4 Å². The summed E-state index contributed by atoms with van der Waals surface area (Å²) in [5.41, 5.74) is 2.40. The van der Waals surface area contributed by atoms with Crippen LogP contribution in [0.3, 0.4) is 0 Å². The van der Waals surface area contributed by atoms with Crippen molar-refractivity contribution < 1.29 is 9.72 Å². The van der Waals surface area contributed by atoms with Crippen molar-refractivity contribution in [3.05, 3.63) is 87.7 Å². The summed E-state index contributed by atoms with van der Waals surface area (Å²) >= 11 is 0. The molecule has 1 atom stereocenters. The predicted molar refractivity (Wildman–Crippen MR) is 106 cm³/mol. The average Bonchev–Trinajstić information content (AvgIpc) is 3.28. The topological polar surface area (TPSA) is 92.1 Å². The molecule has 2 heterocycles. The van der Waals surface area contributed by atoms with Gasteiger partial charge in [0.1, 0.15) is 5.69 Å². The number of carbonyl (C=O) groups is 1. The summed E-state index contributed by atoms with van der Waals surface area (Å²) in [6.45, 7) is 1.42. The molecule has 0 radical (unpaired) electrons. The molecule has 1 aliphatic rings. The van der Waals surface area contributed by atoms with Gasteiger partial charge in [-0.15, -0.1) is 0 Å². The molecule has 1 aliphatic heterocycles. The first-order chi connectivity index (χ1) is 13.6.